The highest BCUT2D eigenvalue weighted by Crippen LogP contribution is 2.46. The van der Waals surface area contributed by atoms with Crippen LogP contribution in [0.2, 0.25) is 5.02 Å². The molecule has 0 N–H and O–H groups in total. The van der Waals surface area contributed by atoms with Gasteiger partial charge in [-0.15, -0.1) is 0 Å². The van der Waals surface area contributed by atoms with Crippen molar-refractivity contribution in [2.75, 3.05) is 6.61 Å². The van der Waals surface area contributed by atoms with Crippen molar-refractivity contribution in [3.05, 3.63) is 71.4 Å². The van der Waals surface area contributed by atoms with E-state index in [0.29, 0.717) is 17.3 Å². The van der Waals surface area contributed by atoms with Gasteiger partial charge in [0.25, 0.3) is 0 Å². The van der Waals surface area contributed by atoms with Crippen LogP contribution < -0.4 is 9.84 Å². The third-order valence-electron chi connectivity index (χ3n) is 5.07. The van der Waals surface area contributed by atoms with Crippen LogP contribution in [0.5, 0.6) is 5.75 Å². The van der Waals surface area contributed by atoms with Gasteiger partial charge in [0.05, 0.1) is 24.0 Å². The third kappa shape index (κ3) is 3.87. The number of rotatable bonds is 6. The van der Waals surface area contributed by atoms with Crippen LogP contribution >= 0.6 is 11.6 Å². The summed E-state index contributed by atoms with van der Waals surface area (Å²) in [6.45, 7) is 2.87. The Morgan fingerprint density at radius 1 is 1.07 bits per heavy atom. The van der Waals surface area contributed by atoms with Gasteiger partial charge < -0.3 is 14.6 Å². The molecule has 2 aromatic carbocycles. The van der Waals surface area contributed by atoms with Gasteiger partial charge in [0.15, 0.2) is 0 Å². The van der Waals surface area contributed by atoms with E-state index in [-0.39, 0.29) is 11.1 Å². The molecule has 4 rings (SSSR count). The quantitative estimate of drug-likeness (QED) is 0.614. The molecule has 0 amide bonds. The van der Waals surface area contributed by atoms with E-state index in [0.717, 1.165) is 22.4 Å². The SMILES string of the molecule is CC1(COc2ccc(Cl)cc2-c2ccccc2-c2cccc(C(=O)[O-])n2)CC1. The van der Waals surface area contributed by atoms with Crippen LogP contribution in [-0.2, 0) is 0 Å². The fourth-order valence-electron chi connectivity index (χ4n) is 3.09. The molecule has 0 atom stereocenters. The molecular weight excluding hydrogens is 374 g/mol. The maximum absolute atomic E-state index is 11.2. The minimum Gasteiger partial charge on any atom is -0.543 e. The zero-order valence-electron chi connectivity index (χ0n) is 15.4. The van der Waals surface area contributed by atoms with E-state index in [9.17, 15) is 9.90 Å². The van der Waals surface area contributed by atoms with Crippen molar-refractivity contribution in [2.24, 2.45) is 5.41 Å². The monoisotopic (exact) mass is 392 g/mol. The summed E-state index contributed by atoms with van der Waals surface area (Å²) in [6, 6.07) is 18.1. The van der Waals surface area contributed by atoms with E-state index >= 15 is 0 Å². The molecule has 3 aromatic rings. The van der Waals surface area contributed by atoms with Gasteiger partial charge in [0.2, 0.25) is 0 Å². The van der Waals surface area contributed by atoms with Gasteiger partial charge in [0, 0.05) is 21.6 Å². The molecule has 1 aliphatic rings. The molecule has 0 bridgehead atoms. The summed E-state index contributed by atoms with van der Waals surface area (Å²) < 4.78 is 6.14. The molecule has 1 aliphatic carbocycles. The van der Waals surface area contributed by atoms with Crippen LogP contribution in [0.3, 0.4) is 0 Å². The van der Waals surface area contributed by atoms with Crippen molar-refractivity contribution >= 4 is 17.6 Å². The van der Waals surface area contributed by atoms with E-state index < -0.39 is 5.97 Å². The summed E-state index contributed by atoms with van der Waals surface area (Å²) in [4.78, 5) is 15.5. The maximum atomic E-state index is 11.2. The Hall–Kier alpha value is -2.85. The summed E-state index contributed by atoms with van der Waals surface area (Å²) in [7, 11) is 0. The molecule has 4 nitrogen and oxygen atoms in total. The zero-order valence-corrected chi connectivity index (χ0v) is 16.2. The number of hydrogen-bond donors (Lipinski definition) is 0. The second-order valence-electron chi connectivity index (χ2n) is 7.48. The standard InChI is InChI=1S/C23H20ClNO3/c1-23(11-12-23)14-28-21-10-9-15(24)13-18(21)16-5-2-3-6-17(16)19-7-4-8-20(25-19)22(26)27/h2-10,13H,11-12,14H2,1H3,(H,26,27)/p-1. The van der Waals surface area contributed by atoms with Crippen molar-refractivity contribution in [1.29, 1.82) is 0 Å². The Bertz CT molecular complexity index is 1040. The Morgan fingerprint density at radius 3 is 2.54 bits per heavy atom. The van der Waals surface area contributed by atoms with E-state index in [1.807, 2.05) is 42.5 Å². The van der Waals surface area contributed by atoms with Gasteiger partial charge in [-0.2, -0.15) is 0 Å². The van der Waals surface area contributed by atoms with Crippen molar-refractivity contribution < 1.29 is 14.6 Å². The summed E-state index contributed by atoms with van der Waals surface area (Å²) in [5, 5.41) is 11.8. The van der Waals surface area contributed by atoms with E-state index in [4.69, 9.17) is 16.3 Å². The first-order chi connectivity index (χ1) is 13.5. The summed E-state index contributed by atoms with van der Waals surface area (Å²) >= 11 is 6.28. The highest BCUT2D eigenvalue weighted by molar-refractivity contribution is 6.31. The molecule has 0 radical (unpaired) electrons. The number of carboxylic acid groups (broad SMARTS) is 1. The van der Waals surface area contributed by atoms with Gasteiger partial charge >= 0.3 is 0 Å². The molecule has 142 valence electrons. The van der Waals surface area contributed by atoms with Crippen LogP contribution in [0, 0.1) is 5.41 Å². The number of nitrogens with zero attached hydrogens (tertiary/aromatic N) is 1. The lowest BCUT2D eigenvalue weighted by atomic mass is 9.96. The number of aromatic nitrogens is 1. The first-order valence-corrected chi connectivity index (χ1v) is 9.54. The molecule has 1 heterocycles. The molecule has 28 heavy (non-hydrogen) atoms. The normalized spacial score (nSPS) is 14.5. The number of ether oxygens (including phenoxy) is 1. The second kappa shape index (κ2) is 7.28. The van der Waals surface area contributed by atoms with Crippen LogP contribution in [0.1, 0.15) is 30.3 Å². The van der Waals surface area contributed by atoms with E-state index in [1.54, 1.807) is 12.1 Å². The number of carbonyl (C=O) groups excluding carboxylic acids is 1. The molecule has 0 spiro atoms. The van der Waals surface area contributed by atoms with Gasteiger partial charge in [-0.05, 0) is 48.7 Å². The van der Waals surface area contributed by atoms with Gasteiger partial charge in [-0.1, -0.05) is 48.9 Å². The van der Waals surface area contributed by atoms with Crippen LogP contribution in [-0.4, -0.2) is 17.6 Å². The number of benzene rings is 2. The van der Waals surface area contributed by atoms with Crippen molar-refractivity contribution in [3.8, 4) is 28.1 Å². The average Bonchev–Trinajstić information content (AvgIpc) is 3.44. The van der Waals surface area contributed by atoms with Crippen molar-refractivity contribution in [3.63, 3.8) is 0 Å². The number of halogens is 1. The zero-order chi connectivity index (χ0) is 19.7. The maximum Gasteiger partial charge on any atom is 0.127 e. The number of carboxylic acids is 1. The summed E-state index contributed by atoms with van der Waals surface area (Å²) in [5.74, 6) is -0.551. The lowest BCUT2D eigenvalue weighted by Crippen LogP contribution is -2.23. The van der Waals surface area contributed by atoms with Gasteiger partial charge in [-0.3, -0.25) is 0 Å². The second-order valence-corrected chi connectivity index (χ2v) is 7.92. The summed E-state index contributed by atoms with van der Waals surface area (Å²) in [6.07, 6.45) is 2.35. The Morgan fingerprint density at radius 2 is 1.82 bits per heavy atom. The number of carbonyl (C=O) groups is 1. The number of pyridine rings is 1. The molecular formula is C23H19ClNO3-. The van der Waals surface area contributed by atoms with Gasteiger partial charge in [-0.25, -0.2) is 4.98 Å². The van der Waals surface area contributed by atoms with Crippen molar-refractivity contribution in [2.45, 2.75) is 19.8 Å². The van der Waals surface area contributed by atoms with Crippen LogP contribution in [0.25, 0.3) is 22.4 Å². The van der Waals surface area contributed by atoms with Crippen LogP contribution in [0.15, 0.2) is 60.7 Å². The Labute approximate surface area is 168 Å². The molecule has 1 saturated carbocycles. The Balaban J connectivity index is 1.79. The van der Waals surface area contributed by atoms with E-state index in [1.165, 1.54) is 18.9 Å². The highest BCUT2D eigenvalue weighted by Gasteiger charge is 2.38. The first kappa shape index (κ1) is 18.5. The lowest BCUT2D eigenvalue weighted by molar-refractivity contribution is -0.255. The van der Waals surface area contributed by atoms with E-state index in [2.05, 4.69) is 11.9 Å². The molecule has 5 heteroatoms. The fraction of sp³-hybridized carbons (Fsp3) is 0.217. The molecule has 0 saturated heterocycles. The minimum absolute atomic E-state index is 0.100. The topological polar surface area (TPSA) is 62.2 Å². The molecule has 0 unspecified atom stereocenters. The lowest BCUT2D eigenvalue weighted by Gasteiger charge is -2.17. The molecule has 0 aliphatic heterocycles. The third-order valence-corrected chi connectivity index (χ3v) is 5.31. The predicted octanol–water partition coefficient (Wildman–Crippen LogP) is 4.61. The largest absolute Gasteiger partial charge is 0.543 e. The average molecular weight is 393 g/mol. The minimum atomic E-state index is -1.30. The smallest absolute Gasteiger partial charge is 0.127 e. The highest BCUT2D eigenvalue weighted by atomic mass is 35.5. The fourth-order valence-corrected chi connectivity index (χ4v) is 3.26. The number of aromatic carboxylic acids is 1. The molecule has 1 fully saturated rings. The first-order valence-electron chi connectivity index (χ1n) is 9.16. The Kier molecular flexibility index (Phi) is 4.82. The number of hydrogen-bond acceptors (Lipinski definition) is 4. The van der Waals surface area contributed by atoms with Crippen molar-refractivity contribution in [1.82, 2.24) is 4.98 Å². The van der Waals surface area contributed by atoms with Gasteiger partial charge in [0.1, 0.15) is 5.75 Å². The predicted molar refractivity (Wildman–Crippen MR) is 107 cm³/mol. The molecule has 1 aromatic heterocycles. The summed E-state index contributed by atoms with van der Waals surface area (Å²) in [5.41, 5.74) is 3.24. The van der Waals surface area contributed by atoms with Crippen LogP contribution in [0.4, 0.5) is 0 Å².